The van der Waals surface area contributed by atoms with Crippen LogP contribution in [0.25, 0.3) is 0 Å². The smallest absolute Gasteiger partial charge is 0.254 e. The highest BCUT2D eigenvalue weighted by molar-refractivity contribution is 5.77. The molecule has 0 bridgehead atoms. The zero-order chi connectivity index (χ0) is 17.6. The number of ether oxygens (including phenoxy) is 2. The number of rotatable bonds is 6. The lowest BCUT2D eigenvalue weighted by Crippen LogP contribution is -2.48. The van der Waals surface area contributed by atoms with Gasteiger partial charge in [-0.05, 0) is 11.2 Å². The zero-order valence-electron chi connectivity index (χ0n) is 14.5. The summed E-state index contributed by atoms with van der Waals surface area (Å²) >= 11 is 0. The molecule has 134 valence electrons. The highest BCUT2D eigenvalue weighted by Gasteiger charge is 2.29. The number of aryl methyl sites for hydroxylation is 1. The van der Waals surface area contributed by atoms with Gasteiger partial charge >= 0.3 is 0 Å². The van der Waals surface area contributed by atoms with E-state index in [-0.39, 0.29) is 11.9 Å². The third kappa shape index (κ3) is 3.93. The number of nitrogens with zero attached hydrogens (tertiary/aromatic N) is 2. The summed E-state index contributed by atoms with van der Waals surface area (Å²) in [6.45, 7) is 2.16. The molecule has 1 amide bonds. The number of benzene rings is 1. The second-order valence-electron chi connectivity index (χ2n) is 5.88. The Bertz CT molecular complexity index is 716. The Morgan fingerprint density at radius 2 is 2.20 bits per heavy atom. The number of amides is 1. The van der Waals surface area contributed by atoms with Crippen molar-refractivity contribution in [3.05, 3.63) is 41.7 Å². The molecule has 1 aliphatic heterocycles. The van der Waals surface area contributed by atoms with Gasteiger partial charge in [0.15, 0.2) is 0 Å². The maximum atomic E-state index is 12.8. The molecule has 2 aromatic rings. The first-order valence-electron chi connectivity index (χ1n) is 8.35. The van der Waals surface area contributed by atoms with Crippen molar-refractivity contribution in [2.75, 3.05) is 33.9 Å². The number of hydrogen-bond acceptors (Lipinski definition) is 6. The molecule has 1 N–H and O–H groups in total. The molecule has 0 saturated carbocycles. The maximum absolute atomic E-state index is 12.8. The van der Waals surface area contributed by atoms with Crippen LogP contribution in [0.2, 0.25) is 0 Å². The first-order chi connectivity index (χ1) is 12.2. The van der Waals surface area contributed by atoms with Crippen LogP contribution < -0.4 is 14.8 Å². The summed E-state index contributed by atoms with van der Waals surface area (Å²) in [5.74, 6) is 1.97. The van der Waals surface area contributed by atoms with Gasteiger partial charge in [0.1, 0.15) is 11.5 Å². The topological polar surface area (TPSA) is 76.8 Å². The highest BCUT2D eigenvalue weighted by Crippen LogP contribution is 2.30. The number of hydrogen-bond donors (Lipinski definition) is 1. The summed E-state index contributed by atoms with van der Waals surface area (Å²) in [4.78, 5) is 14.7. The van der Waals surface area contributed by atoms with E-state index in [9.17, 15) is 4.79 Å². The minimum Gasteiger partial charge on any atom is -0.496 e. The van der Waals surface area contributed by atoms with Gasteiger partial charge in [0.2, 0.25) is 5.91 Å². The molecule has 1 aromatic carbocycles. The Labute approximate surface area is 146 Å². The lowest BCUT2D eigenvalue weighted by atomic mass is 10.0. The summed E-state index contributed by atoms with van der Waals surface area (Å²) in [5, 5.41) is 7.12. The molecule has 3 rings (SSSR count). The van der Waals surface area contributed by atoms with E-state index in [1.807, 2.05) is 29.2 Å². The SMILES string of the molecule is COc1cc(CCC(=O)N2CCNC[C@@H]2c2ccccc2OC)on1. The van der Waals surface area contributed by atoms with Crippen molar-refractivity contribution in [3.8, 4) is 11.6 Å². The molecule has 0 unspecified atom stereocenters. The fourth-order valence-corrected chi connectivity index (χ4v) is 3.10. The molecule has 1 atom stereocenters. The summed E-state index contributed by atoms with van der Waals surface area (Å²) in [6.07, 6.45) is 0.863. The number of nitrogens with one attached hydrogen (secondary N) is 1. The lowest BCUT2D eigenvalue weighted by Gasteiger charge is -2.37. The maximum Gasteiger partial charge on any atom is 0.254 e. The van der Waals surface area contributed by atoms with Crippen LogP contribution in [0.1, 0.15) is 23.8 Å². The third-order valence-electron chi connectivity index (χ3n) is 4.39. The van der Waals surface area contributed by atoms with Crippen LogP contribution in [0, 0.1) is 0 Å². The number of aromatic nitrogens is 1. The largest absolute Gasteiger partial charge is 0.496 e. The fraction of sp³-hybridized carbons (Fsp3) is 0.444. The van der Waals surface area contributed by atoms with E-state index < -0.39 is 0 Å². The Hall–Kier alpha value is -2.54. The van der Waals surface area contributed by atoms with Crippen LogP contribution >= 0.6 is 0 Å². The van der Waals surface area contributed by atoms with Crippen LogP contribution in [0.5, 0.6) is 11.6 Å². The highest BCUT2D eigenvalue weighted by atomic mass is 16.5. The monoisotopic (exact) mass is 345 g/mol. The molecule has 1 saturated heterocycles. The molecule has 0 aliphatic carbocycles. The van der Waals surface area contributed by atoms with Gasteiger partial charge in [-0.3, -0.25) is 4.79 Å². The third-order valence-corrected chi connectivity index (χ3v) is 4.39. The first-order valence-corrected chi connectivity index (χ1v) is 8.35. The minimum absolute atomic E-state index is 0.0401. The summed E-state index contributed by atoms with van der Waals surface area (Å²) < 4.78 is 15.6. The summed E-state index contributed by atoms with van der Waals surface area (Å²) in [5.41, 5.74) is 1.02. The molecule has 1 aromatic heterocycles. The minimum atomic E-state index is -0.0401. The van der Waals surface area contributed by atoms with Crippen molar-refractivity contribution in [2.24, 2.45) is 0 Å². The van der Waals surface area contributed by atoms with Gasteiger partial charge in [-0.1, -0.05) is 18.2 Å². The molecule has 25 heavy (non-hydrogen) atoms. The van der Waals surface area contributed by atoms with Gasteiger partial charge < -0.3 is 24.2 Å². The Balaban J connectivity index is 1.70. The molecule has 7 heteroatoms. The van der Waals surface area contributed by atoms with Crippen LogP contribution in [0.3, 0.4) is 0 Å². The summed E-state index contributed by atoms with van der Waals surface area (Å²) in [7, 11) is 3.18. The van der Waals surface area contributed by atoms with Crippen molar-refractivity contribution in [2.45, 2.75) is 18.9 Å². The standard InChI is InChI=1S/C18H23N3O4/c1-23-16-6-4-3-5-14(16)15-12-19-9-10-21(15)18(22)8-7-13-11-17(24-2)20-25-13/h3-6,11,15,19H,7-10,12H2,1-2H3/t15-/m1/s1. The van der Waals surface area contributed by atoms with E-state index in [4.69, 9.17) is 14.0 Å². The average Bonchev–Trinajstić information content (AvgIpc) is 3.14. The predicted octanol–water partition coefficient (Wildman–Crippen LogP) is 1.80. The first kappa shape index (κ1) is 17.3. The molecule has 7 nitrogen and oxygen atoms in total. The molecule has 1 fully saturated rings. The average molecular weight is 345 g/mol. The molecular formula is C18H23N3O4. The Morgan fingerprint density at radius 3 is 2.96 bits per heavy atom. The van der Waals surface area contributed by atoms with E-state index in [0.717, 1.165) is 17.9 Å². The van der Waals surface area contributed by atoms with Crippen LogP contribution in [-0.2, 0) is 11.2 Å². The van der Waals surface area contributed by atoms with Crippen molar-refractivity contribution < 1.29 is 18.8 Å². The zero-order valence-corrected chi connectivity index (χ0v) is 14.5. The van der Waals surface area contributed by atoms with Crippen molar-refractivity contribution >= 4 is 5.91 Å². The van der Waals surface area contributed by atoms with Crippen molar-refractivity contribution in [3.63, 3.8) is 0 Å². The molecular weight excluding hydrogens is 322 g/mol. The molecule has 2 heterocycles. The van der Waals surface area contributed by atoms with E-state index >= 15 is 0 Å². The quantitative estimate of drug-likeness (QED) is 0.860. The van der Waals surface area contributed by atoms with Gasteiger partial charge in [0, 0.05) is 44.1 Å². The molecule has 0 radical (unpaired) electrons. The number of para-hydroxylation sites is 1. The van der Waals surface area contributed by atoms with E-state index in [0.29, 0.717) is 37.6 Å². The second-order valence-corrected chi connectivity index (χ2v) is 5.88. The van der Waals surface area contributed by atoms with E-state index in [1.165, 1.54) is 7.11 Å². The van der Waals surface area contributed by atoms with Crippen LogP contribution in [-0.4, -0.2) is 49.8 Å². The van der Waals surface area contributed by atoms with E-state index in [1.54, 1.807) is 13.2 Å². The molecule has 1 aliphatic rings. The normalized spacial score (nSPS) is 17.4. The van der Waals surface area contributed by atoms with Crippen LogP contribution in [0.4, 0.5) is 0 Å². The number of carbonyl (C=O) groups excluding carboxylic acids is 1. The fourth-order valence-electron chi connectivity index (χ4n) is 3.10. The van der Waals surface area contributed by atoms with Crippen molar-refractivity contribution in [1.82, 2.24) is 15.4 Å². The van der Waals surface area contributed by atoms with Gasteiger partial charge in [-0.15, -0.1) is 0 Å². The Morgan fingerprint density at radius 1 is 1.36 bits per heavy atom. The van der Waals surface area contributed by atoms with Gasteiger partial charge in [-0.25, -0.2) is 0 Å². The number of carbonyl (C=O) groups is 1. The predicted molar refractivity (Wildman–Crippen MR) is 91.7 cm³/mol. The number of piperazine rings is 1. The number of methoxy groups -OCH3 is 2. The lowest BCUT2D eigenvalue weighted by molar-refractivity contribution is -0.134. The van der Waals surface area contributed by atoms with Gasteiger partial charge in [-0.2, -0.15) is 0 Å². The summed E-state index contributed by atoms with van der Waals surface area (Å²) in [6, 6.07) is 9.51. The van der Waals surface area contributed by atoms with Gasteiger partial charge in [0.25, 0.3) is 5.88 Å². The second kappa shape index (κ2) is 8.02. The van der Waals surface area contributed by atoms with Gasteiger partial charge in [0.05, 0.1) is 20.3 Å². The molecule has 0 spiro atoms. The Kier molecular flexibility index (Phi) is 5.55. The van der Waals surface area contributed by atoms with Crippen molar-refractivity contribution in [1.29, 1.82) is 0 Å². The van der Waals surface area contributed by atoms with E-state index in [2.05, 4.69) is 10.5 Å². The van der Waals surface area contributed by atoms with Crippen LogP contribution in [0.15, 0.2) is 34.9 Å².